The van der Waals surface area contributed by atoms with Crippen LogP contribution >= 0.6 is 0 Å². The van der Waals surface area contributed by atoms with E-state index in [2.05, 4.69) is 65.3 Å². The molecule has 2 N–H and O–H groups in total. The number of rotatable bonds is 8. The van der Waals surface area contributed by atoms with Crippen molar-refractivity contribution in [1.29, 1.82) is 0 Å². The lowest BCUT2D eigenvalue weighted by molar-refractivity contribution is 0.337. The third-order valence-corrected chi connectivity index (χ3v) is 7.19. The van der Waals surface area contributed by atoms with Crippen molar-refractivity contribution in [2.24, 2.45) is 5.92 Å². The van der Waals surface area contributed by atoms with Crippen LogP contribution in [-0.2, 0) is 10.0 Å². The number of benzene rings is 1. The zero-order chi connectivity index (χ0) is 20.9. The first-order valence-corrected chi connectivity index (χ1v) is 12.3. The Kier molecular flexibility index (Phi) is 7.30. The van der Waals surface area contributed by atoms with Crippen LogP contribution in [0.2, 0.25) is 0 Å². The lowest BCUT2D eigenvalue weighted by atomic mass is 9.86. The molecule has 0 atom stereocenters. The maximum absolute atomic E-state index is 11.6. The van der Waals surface area contributed by atoms with Gasteiger partial charge in [0.25, 0.3) is 0 Å². The minimum absolute atomic E-state index is 0.146. The van der Waals surface area contributed by atoms with Crippen molar-refractivity contribution in [3.63, 3.8) is 0 Å². The molecule has 1 saturated carbocycles. The molecule has 2 aromatic rings. The number of aromatic nitrogens is 1. The maximum Gasteiger partial charge on any atom is 0.211 e. The van der Waals surface area contributed by atoms with Gasteiger partial charge in [-0.1, -0.05) is 38.1 Å². The molecular formula is C23H33N3O2S. The van der Waals surface area contributed by atoms with Crippen LogP contribution in [0.3, 0.4) is 0 Å². The van der Waals surface area contributed by atoms with Crippen LogP contribution in [0.25, 0.3) is 11.1 Å². The number of hydrogen-bond donors (Lipinski definition) is 2. The Bertz CT molecular complexity index is 887. The predicted octanol–water partition coefficient (Wildman–Crippen LogP) is 4.78. The summed E-state index contributed by atoms with van der Waals surface area (Å²) in [5, 5.41) is 3.54. The predicted molar refractivity (Wildman–Crippen MR) is 121 cm³/mol. The average molecular weight is 416 g/mol. The summed E-state index contributed by atoms with van der Waals surface area (Å²) in [6.45, 7) is 6.64. The Hall–Kier alpha value is -1.92. The van der Waals surface area contributed by atoms with Gasteiger partial charge in [0.1, 0.15) is 5.82 Å². The van der Waals surface area contributed by atoms with E-state index in [1.807, 2.05) is 6.20 Å². The highest BCUT2D eigenvalue weighted by Crippen LogP contribution is 2.27. The third-order valence-electron chi connectivity index (χ3n) is 5.82. The van der Waals surface area contributed by atoms with E-state index in [0.29, 0.717) is 24.4 Å². The van der Waals surface area contributed by atoms with Crippen molar-refractivity contribution in [3.8, 4) is 11.1 Å². The van der Waals surface area contributed by atoms with Crippen LogP contribution in [0.15, 0.2) is 42.6 Å². The fraction of sp³-hybridized carbons (Fsp3) is 0.522. The average Bonchev–Trinajstić information content (AvgIpc) is 2.74. The molecule has 1 fully saturated rings. The van der Waals surface area contributed by atoms with Crippen LogP contribution in [-0.4, -0.2) is 31.7 Å². The number of pyridine rings is 1. The molecule has 0 spiro atoms. The molecule has 5 nitrogen and oxygen atoms in total. The van der Waals surface area contributed by atoms with Crippen molar-refractivity contribution in [1.82, 2.24) is 9.71 Å². The second-order valence-corrected chi connectivity index (χ2v) is 10.4. The number of hydrogen-bond acceptors (Lipinski definition) is 4. The van der Waals surface area contributed by atoms with Crippen LogP contribution in [0.1, 0.15) is 57.9 Å². The smallest absolute Gasteiger partial charge is 0.211 e. The Balaban J connectivity index is 1.51. The van der Waals surface area contributed by atoms with E-state index in [1.54, 1.807) is 6.92 Å². The normalized spacial score (nSPS) is 20.0. The fourth-order valence-corrected chi connectivity index (χ4v) is 4.49. The molecule has 1 heterocycles. The number of nitrogens with zero attached hydrogens (tertiary/aromatic N) is 1. The first-order valence-electron chi connectivity index (χ1n) is 10.7. The summed E-state index contributed by atoms with van der Waals surface area (Å²) in [5.41, 5.74) is 3.66. The quantitative estimate of drug-likeness (QED) is 0.651. The molecule has 0 saturated heterocycles. The van der Waals surface area contributed by atoms with Crippen LogP contribution in [0.5, 0.6) is 0 Å². The van der Waals surface area contributed by atoms with Gasteiger partial charge in [-0.25, -0.2) is 18.1 Å². The molecular weight excluding hydrogens is 382 g/mol. The molecule has 0 unspecified atom stereocenters. The van der Waals surface area contributed by atoms with Crippen molar-refractivity contribution in [2.75, 3.05) is 17.6 Å². The zero-order valence-electron chi connectivity index (χ0n) is 17.7. The summed E-state index contributed by atoms with van der Waals surface area (Å²) >= 11 is 0. The molecule has 0 amide bonds. The highest BCUT2D eigenvalue weighted by atomic mass is 32.2. The van der Waals surface area contributed by atoms with Crippen molar-refractivity contribution in [2.45, 2.75) is 58.4 Å². The van der Waals surface area contributed by atoms with Crippen molar-refractivity contribution < 1.29 is 8.42 Å². The van der Waals surface area contributed by atoms with Gasteiger partial charge in [0.15, 0.2) is 0 Å². The lowest BCUT2D eigenvalue weighted by Crippen LogP contribution is -2.34. The minimum Gasteiger partial charge on any atom is -0.367 e. The molecule has 158 valence electrons. The zero-order valence-corrected chi connectivity index (χ0v) is 18.5. The van der Waals surface area contributed by atoms with E-state index < -0.39 is 10.0 Å². The van der Waals surface area contributed by atoms with E-state index in [-0.39, 0.29) is 5.75 Å². The first kappa shape index (κ1) is 21.8. The first-order chi connectivity index (χ1) is 13.9. The van der Waals surface area contributed by atoms with Gasteiger partial charge in [0, 0.05) is 24.3 Å². The SMILES string of the molecule is CCS(=O)(=O)NC[C@H]1CC[C@H](Nc2ccc(-c3cccc(C(C)C)c3)cn2)CC1. The summed E-state index contributed by atoms with van der Waals surface area (Å²) in [7, 11) is -3.09. The third kappa shape index (κ3) is 6.28. The monoisotopic (exact) mass is 415 g/mol. The molecule has 3 rings (SSSR count). The molecule has 1 aliphatic rings. The number of nitrogens with one attached hydrogen (secondary N) is 2. The maximum atomic E-state index is 11.6. The number of anilines is 1. The Morgan fingerprint density at radius 2 is 1.83 bits per heavy atom. The fourth-order valence-electron chi connectivity index (χ4n) is 3.79. The Morgan fingerprint density at radius 3 is 2.45 bits per heavy atom. The summed E-state index contributed by atoms with van der Waals surface area (Å²) in [4.78, 5) is 4.62. The van der Waals surface area contributed by atoms with Crippen LogP contribution in [0, 0.1) is 5.92 Å². The number of sulfonamides is 1. The summed E-state index contributed by atoms with van der Waals surface area (Å²) in [5.74, 6) is 1.99. The highest BCUT2D eigenvalue weighted by molar-refractivity contribution is 7.89. The van der Waals surface area contributed by atoms with E-state index >= 15 is 0 Å². The van der Waals surface area contributed by atoms with Gasteiger partial charge in [0.2, 0.25) is 10.0 Å². The summed E-state index contributed by atoms with van der Waals surface area (Å²) in [6, 6.07) is 13.2. The summed E-state index contributed by atoms with van der Waals surface area (Å²) < 4.78 is 25.9. The second-order valence-electron chi connectivity index (χ2n) is 8.33. The van der Waals surface area contributed by atoms with Gasteiger partial charge in [-0.3, -0.25) is 0 Å². The van der Waals surface area contributed by atoms with E-state index in [9.17, 15) is 8.42 Å². The highest BCUT2D eigenvalue weighted by Gasteiger charge is 2.22. The minimum atomic E-state index is -3.09. The Labute approximate surface area is 175 Å². The molecule has 0 radical (unpaired) electrons. The van der Waals surface area contributed by atoms with Gasteiger partial charge in [-0.2, -0.15) is 0 Å². The van der Waals surface area contributed by atoms with Crippen LogP contribution in [0.4, 0.5) is 5.82 Å². The van der Waals surface area contributed by atoms with E-state index in [0.717, 1.165) is 37.1 Å². The van der Waals surface area contributed by atoms with Gasteiger partial charge in [-0.15, -0.1) is 0 Å². The molecule has 0 aliphatic heterocycles. The van der Waals surface area contributed by atoms with E-state index in [1.165, 1.54) is 11.1 Å². The topological polar surface area (TPSA) is 71.1 Å². The molecule has 29 heavy (non-hydrogen) atoms. The standard InChI is InChI=1S/C23H33N3O2S/c1-4-29(27,28)25-15-18-8-11-22(12-9-18)26-23-13-10-21(16-24-23)20-7-5-6-19(14-20)17(2)3/h5-7,10,13-14,16-18,22,25H,4,8-9,11-12,15H2,1-3H3,(H,24,26)/t18-,22-. The van der Waals surface area contributed by atoms with Crippen LogP contribution < -0.4 is 10.0 Å². The van der Waals surface area contributed by atoms with Gasteiger partial charge >= 0.3 is 0 Å². The second kappa shape index (κ2) is 9.72. The summed E-state index contributed by atoms with van der Waals surface area (Å²) in [6.07, 6.45) is 6.08. The van der Waals surface area contributed by atoms with Crippen molar-refractivity contribution in [3.05, 3.63) is 48.2 Å². The van der Waals surface area contributed by atoms with Gasteiger partial charge in [0.05, 0.1) is 5.75 Å². The molecule has 0 bridgehead atoms. The largest absolute Gasteiger partial charge is 0.367 e. The molecule has 1 aliphatic carbocycles. The van der Waals surface area contributed by atoms with Gasteiger partial charge in [-0.05, 0) is 67.7 Å². The van der Waals surface area contributed by atoms with E-state index in [4.69, 9.17) is 0 Å². The molecule has 1 aromatic carbocycles. The molecule has 6 heteroatoms. The lowest BCUT2D eigenvalue weighted by Gasteiger charge is -2.29. The van der Waals surface area contributed by atoms with Crippen molar-refractivity contribution >= 4 is 15.8 Å². The van der Waals surface area contributed by atoms with Gasteiger partial charge < -0.3 is 5.32 Å². The Morgan fingerprint density at radius 1 is 1.07 bits per heavy atom. The molecule has 1 aromatic heterocycles.